The summed E-state index contributed by atoms with van der Waals surface area (Å²) in [5.74, 6) is 0.323. The third-order valence-electron chi connectivity index (χ3n) is 3.24. The van der Waals surface area contributed by atoms with E-state index in [1.165, 1.54) is 24.2 Å². The van der Waals surface area contributed by atoms with E-state index in [1.54, 1.807) is 0 Å². The van der Waals surface area contributed by atoms with Crippen molar-refractivity contribution in [2.75, 3.05) is 0 Å². The molecule has 1 fully saturated rings. The van der Waals surface area contributed by atoms with Crippen molar-refractivity contribution in [3.05, 3.63) is 34.2 Å². The van der Waals surface area contributed by atoms with Gasteiger partial charge in [-0.1, -0.05) is 29.8 Å². The molecule has 0 unspecified atom stereocenters. The molecule has 2 aromatic rings. The second-order valence-electron chi connectivity index (χ2n) is 4.71. The second-order valence-corrected chi connectivity index (χ2v) is 6.14. The van der Waals surface area contributed by atoms with Crippen LogP contribution in [-0.2, 0) is 0 Å². The van der Waals surface area contributed by atoms with Crippen LogP contribution in [0.2, 0.25) is 5.02 Å². The van der Waals surface area contributed by atoms with Crippen LogP contribution in [0.15, 0.2) is 29.4 Å². The van der Waals surface area contributed by atoms with E-state index in [0.717, 1.165) is 15.8 Å². The zero-order chi connectivity index (χ0) is 13.4. The number of amides is 1. The molecule has 0 radical (unpaired) electrons. The molecule has 1 saturated carbocycles. The minimum Gasteiger partial charge on any atom is -0.266 e. The lowest BCUT2D eigenvalue weighted by Crippen LogP contribution is -2.18. The first kappa shape index (κ1) is 12.6. The molecule has 0 aliphatic heterocycles. The molecular weight excluding hydrogens is 280 g/mol. The lowest BCUT2D eigenvalue weighted by Gasteiger charge is -1.99. The summed E-state index contributed by atoms with van der Waals surface area (Å²) < 4.78 is 1.01. The SMILES string of the molecule is C/C(=N/NC(=O)c1sc2ccccc2c1Cl)C1CC1. The quantitative estimate of drug-likeness (QED) is 0.672. The number of nitrogens with zero attached hydrogens (tertiary/aromatic N) is 1. The Morgan fingerprint density at radius 2 is 2.16 bits per heavy atom. The number of hydrazone groups is 1. The van der Waals surface area contributed by atoms with Gasteiger partial charge in [0.1, 0.15) is 4.88 Å². The molecule has 1 N–H and O–H groups in total. The van der Waals surface area contributed by atoms with E-state index in [0.29, 0.717) is 15.8 Å². The minimum absolute atomic E-state index is 0.230. The van der Waals surface area contributed by atoms with Crippen LogP contribution < -0.4 is 5.43 Å². The highest BCUT2D eigenvalue weighted by Gasteiger charge is 2.25. The normalized spacial score (nSPS) is 15.8. The zero-order valence-electron chi connectivity index (χ0n) is 10.4. The summed E-state index contributed by atoms with van der Waals surface area (Å²) in [4.78, 5) is 12.6. The van der Waals surface area contributed by atoms with Crippen LogP contribution in [0.4, 0.5) is 0 Å². The number of carbonyl (C=O) groups is 1. The van der Waals surface area contributed by atoms with Gasteiger partial charge in [-0.3, -0.25) is 4.79 Å². The van der Waals surface area contributed by atoms with Crippen LogP contribution in [0.5, 0.6) is 0 Å². The molecule has 3 nitrogen and oxygen atoms in total. The molecule has 1 heterocycles. The lowest BCUT2D eigenvalue weighted by atomic mass is 10.2. The van der Waals surface area contributed by atoms with Gasteiger partial charge in [0.2, 0.25) is 0 Å². The maximum absolute atomic E-state index is 12.1. The highest BCUT2D eigenvalue weighted by Crippen LogP contribution is 2.35. The lowest BCUT2D eigenvalue weighted by molar-refractivity contribution is 0.0959. The van der Waals surface area contributed by atoms with E-state index in [-0.39, 0.29) is 5.91 Å². The Balaban J connectivity index is 1.85. The van der Waals surface area contributed by atoms with Gasteiger partial charge in [0.05, 0.1) is 5.02 Å². The Morgan fingerprint density at radius 3 is 2.84 bits per heavy atom. The largest absolute Gasteiger partial charge is 0.283 e. The Hall–Kier alpha value is -1.39. The van der Waals surface area contributed by atoms with E-state index in [4.69, 9.17) is 11.6 Å². The summed E-state index contributed by atoms with van der Waals surface area (Å²) in [6, 6.07) is 7.73. The van der Waals surface area contributed by atoms with Crippen molar-refractivity contribution in [2.24, 2.45) is 11.0 Å². The maximum Gasteiger partial charge on any atom is 0.283 e. The number of thiophene rings is 1. The van der Waals surface area contributed by atoms with Gasteiger partial charge in [-0.15, -0.1) is 11.3 Å². The molecule has 3 rings (SSSR count). The van der Waals surface area contributed by atoms with Gasteiger partial charge < -0.3 is 0 Å². The third-order valence-corrected chi connectivity index (χ3v) is 4.92. The van der Waals surface area contributed by atoms with E-state index in [1.807, 2.05) is 31.2 Å². The van der Waals surface area contributed by atoms with Crippen LogP contribution in [0, 0.1) is 5.92 Å². The molecule has 19 heavy (non-hydrogen) atoms. The Bertz CT molecular complexity index is 673. The molecule has 5 heteroatoms. The summed E-state index contributed by atoms with van der Waals surface area (Å²) in [5.41, 5.74) is 3.59. The number of carbonyl (C=O) groups excluding carboxylic acids is 1. The predicted octanol–water partition coefficient (Wildman–Crippen LogP) is 4.07. The van der Waals surface area contributed by atoms with Crippen molar-refractivity contribution in [3.8, 4) is 0 Å². The summed E-state index contributed by atoms with van der Waals surface area (Å²) in [6.07, 6.45) is 2.35. The average Bonchev–Trinajstić information content (AvgIpc) is 3.21. The Labute approximate surface area is 120 Å². The van der Waals surface area contributed by atoms with Crippen LogP contribution >= 0.6 is 22.9 Å². The summed E-state index contributed by atoms with van der Waals surface area (Å²) in [6.45, 7) is 1.95. The minimum atomic E-state index is -0.230. The van der Waals surface area contributed by atoms with Crippen molar-refractivity contribution in [3.63, 3.8) is 0 Å². The van der Waals surface area contributed by atoms with Crippen molar-refractivity contribution in [2.45, 2.75) is 19.8 Å². The number of benzene rings is 1. The number of fused-ring (bicyclic) bond motifs is 1. The molecular formula is C14H13ClN2OS. The number of nitrogens with one attached hydrogen (secondary N) is 1. The van der Waals surface area contributed by atoms with Crippen LogP contribution in [0.3, 0.4) is 0 Å². The average molecular weight is 293 g/mol. The van der Waals surface area contributed by atoms with Gasteiger partial charge in [-0.25, -0.2) is 5.43 Å². The van der Waals surface area contributed by atoms with Crippen LogP contribution in [-0.4, -0.2) is 11.6 Å². The van der Waals surface area contributed by atoms with Gasteiger partial charge in [-0.05, 0) is 31.7 Å². The standard InChI is InChI=1S/C14H13ClN2OS/c1-8(9-6-7-9)16-17-14(18)13-12(15)10-4-2-3-5-11(10)19-13/h2-5,9H,6-7H2,1H3,(H,17,18)/b16-8-. The number of halogens is 1. The molecule has 0 saturated heterocycles. The van der Waals surface area contributed by atoms with Gasteiger partial charge in [0.25, 0.3) is 5.91 Å². The first-order chi connectivity index (χ1) is 9.16. The molecule has 1 aromatic carbocycles. The molecule has 1 aromatic heterocycles. The highest BCUT2D eigenvalue weighted by atomic mass is 35.5. The molecule has 98 valence electrons. The van der Waals surface area contributed by atoms with Crippen molar-refractivity contribution in [1.82, 2.24) is 5.43 Å². The Kier molecular flexibility index (Phi) is 3.29. The number of hydrogen-bond donors (Lipinski definition) is 1. The van der Waals surface area contributed by atoms with Gasteiger partial charge in [0, 0.05) is 15.8 Å². The van der Waals surface area contributed by atoms with Crippen molar-refractivity contribution < 1.29 is 4.79 Å². The fourth-order valence-electron chi connectivity index (χ4n) is 1.94. The van der Waals surface area contributed by atoms with Crippen LogP contribution in [0.25, 0.3) is 10.1 Å². The molecule has 1 aliphatic carbocycles. The smallest absolute Gasteiger partial charge is 0.266 e. The highest BCUT2D eigenvalue weighted by molar-refractivity contribution is 7.21. The third kappa shape index (κ3) is 2.51. The monoisotopic (exact) mass is 292 g/mol. The topological polar surface area (TPSA) is 41.5 Å². The summed E-state index contributed by atoms with van der Waals surface area (Å²) >= 11 is 7.64. The molecule has 0 spiro atoms. The second kappa shape index (κ2) is 4.94. The van der Waals surface area contributed by atoms with E-state index < -0.39 is 0 Å². The summed E-state index contributed by atoms with van der Waals surface area (Å²) in [5, 5.41) is 5.57. The summed E-state index contributed by atoms with van der Waals surface area (Å²) in [7, 11) is 0. The molecule has 1 amide bonds. The molecule has 0 bridgehead atoms. The zero-order valence-corrected chi connectivity index (χ0v) is 12.0. The van der Waals surface area contributed by atoms with Gasteiger partial charge in [-0.2, -0.15) is 5.10 Å². The number of rotatable bonds is 3. The van der Waals surface area contributed by atoms with Gasteiger partial charge in [0.15, 0.2) is 0 Å². The van der Waals surface area contributed by atoms with E-state index >= 15 is 0 Å². The fourth-order valence-corrected chi connectivity index (χ4v) is 3.35. The Morgan fingerprint density at radius 1 is 1.42 bits per heavy atom. The van der Waals surface area contributed by atoms with Gasteiger partial charge >= 0.3 is 0 Å². The maximum atomic E-state index is 12.1. The van der Waals surface area contributed by atoms with Crippen molar-refractivity contribution in [1.29, 1.82) is 0 Å². The van der Waals surface area contributed by atoms with E-state index in [2.05, 4.69) is 10.5 Å². The van der Waals surface area contributed by atoms with Crippen LogP contribution in [0.1, 0.15) is 29.4 Å². The van der Waals surface area contributed by atoms with Crippen molar-refractivity contribution >= 4 is 44.6 Å². The first-order valence-corrected chi connectivity index (χ1v) is 7.38. The fraction of sp³-hybridized carbons (Fsp3) is 0.286. The predicted molar refractivity (Wildman–Crippen MR) is 80.1 cm³/mol. The number of hydrogen-bond acceptors (Lipinski definition) is 3. The molecule has 1 aliphatic rings. The van der Waals surface area contributed by atoms with E-state index in [9.17, 15) is 4.79 Å². The first-order valence-electron chi connectivity index (χ1n) is 6.18. The molecule has 0 atom stereocenters.